The number of ether oxygens (including phenoxy) is 1. The highest BCUT2D eigenvalue weighted by atomic mass is 32.1. The summed E-state index contributed by atoms with van der Waals surface area (Å²) in [6.45, 7) is 14.2. The van der Waals surface area contributed by atoms with Crippen molar-refractivity contribution in [3.63, 3.8) is 0 Å². The molecule has 24 heavy (non-hydrogen) atoms. The quantitative estimate of drug-likeness (QED) is 0.833. The van der Waals surface area contributed by atoms with E-state index in [2.05, 4.69) is 64.4 Å². The normalized spacial score (nSPS) is 12.5. The smallest absolute Gasteiger partial charge is 0.126 e. The van der Waals surface area contributed by atoms with Crippen LogP contribution in [0.2, 0.25) is 0 Å². The van der Waals surface area contributed by atoms with Crippen LogP contribution in [0.5, 0.6) is 5.75 Å². The predicted molar refractivity (Wildman–Crippen MR) is 104 cm³/mol. The van der Waals surface area contributed by atoms with Crippen LogP contribution in [0, 0.1) is 0 Å². The van der Waals surface area contributed by atoms with Gasteiger partial charge in [-0.3, -0.25) is 0 Å². The van der Waals surface area contributed by atoms with Crippen LogP contribution in [-0.2, 0) is 17.4 Å². The number of hydrogen-bond donors (Lipinski definition) is 1. The Morgan fingerprint density at radius 2 is 1.58 bits per heavy atom. The Morgan fingerprint density at radius 3 is 2.00 bits per heavy atom. The van der Waals surface area contributed by atoms with Gasteiger partial charge in [0, 0.05) is 28.6 Å². The summed E-state index contributed by atoms with van der Waals surface area (Å²) in [5.41, 5.74) is 4.69. The first kappa shape index (κ1) is 18.9. The van der Waals surface area contributed by atoms with Crippen LogP contribution in [0.25, 0.3) is 11.3 Å². The van der Waals surface area contributed by atoms with Gasteiger partial charge in [-0.05, 0) is 30.0 Å². The number of methoxy groups -OCH3 is 1. The van der Waals surface area contributed by atoms with Crippen molar-refractivity contribution < 1.29 is 4.74 Å². The zero-order valence-corrected chi connectivity index (χ0v) is 17.0. The number of benzene rings is 1. The Balaban J connectivity index is 2.68. The molecular weight excluding hydrogens is 316 g/mol. The number of rotatable bonds is 4. The summed E-state index contributed by atoms with van der Waals surface area (Å²) in [4.78, 5) is 4.79. The highest BCUT2D eigenvalue weighted by Gasteiger charge is 2.28. The van der Waals surface area contributed by atoms with E-state index in [1.54, 1.807) is 18.4 Å². The van der Waals surface area contributed by atoms with E-state index in [1.807, 2.05) is 7.05 Å². The average molecular weight is 347 g/mol. The predicted octanol–water partition coefficient (Wildman–Crippen LogP) is 5.13. The van der Waals surface area contributed by atoms with Crippen molar-refractivity contribution in [1.82, 2.24) is 10.3 Å². The Bertz CT molecular complexity index is 670. The third kappa shape index (κ3) is 3.98. The molecule has 3 nitrogen and oxygen atoms in total. The van der Waals surface area contributed by atoms with Gasteiger partial charge in [-0.2, -0.15) is 0 Å². The average Bonchev–Trinajstić information content (AvgIpc) is 2.93. The van der Waals surface area contributed by atoms with Crippen LogP contribution in [0.3, 0.4) is 0 Å². The highest BCUT2D eigenvalue weighted by molar-refractivity contribution is 7.09. The van der Waals surface area contributed by atoms with Gasteiger partial charge in [0.15, 0.2) is 0 Å². The second-order valence-electron chi connectivity index (χ2n) is 8.26. The van der Waals surface area contributed by atoms with Crippen molar-refractivity contribution in [2.24, 2.45) is 0 Å². The summed E-state index contributed by atoms with van der Waals surface area (Å²) in [5.74, 6) is 1.00. The largest absolute Gasteiger partial charge is 0.496 e. The highest BCUT2D eigenvalue weighted by Crippen LogP contribution is 2.42. The minimum atomic E-state index is 0.00514. The SMILES string of the molecule is CNCc1nc(-c2cc(C(C)(C)C)c(OC)c(C(C)(C)C)c2)cs1. The van der Waals surface area contributed by atoms with Crippen molar-refractivity contribution in [1.29, 1.82) is 0 Å². The lowest BCUT2D eigenvalue weighted by Gasteiger charge is -2.29. The lowest BCUT2D eigenvalue weighted by molar-refractivity contribution is 0.381. The summed E-state index contributed by atoms with van der Waals surface area (Å²) >= 11 is 1.70. The molecule has 0 aliphatic rings. The van der Waals surface area contributed by atoms with E-state index >= 15 is 0 Å². The van der Waals surface area contributed by atoms with Crippen molar-refractivity contribution >= 4 is 11.3 Å². The van der Waals surface area contributed by atoms with E-state index in [4.69, 9.17) is 9.72 Å². The molecule has 0 radical (unpaired) electrons. The molecule has 0 saturated heterocycles. The molecule has 0 spiro atoms. The molecule has 1 N–H and O–H groups in total. The standard InChI is InChI=1S/C20H30N2OS/c1-19(2,3)14-9-13(16-12-24-17(22-16)11-21-7)10-15(18(14)23-8)20(4,5)6/h9-10,12,21H,11H2,1-8H3. The first-order valence-electron chi connectivity index (χ1n) is 8.40. The van der Waals surface area contributed by atoms with Crippen LogP contribution in [-0.4, -0.2) is 19.1 Å². The monoisotopic (exact) mass is 346 g/mol. The first-order valence-corrected chi connectivity index (χ1v) is 9.28. The first-order chi connectivity index (χ1) is 11.1. The molecule has 0 atom stereocenters. The molecule has 1 aromatic carbocycles. The molecule has 0 amide bonds. The van der Waals surface area contributed by atoms with E-state index in [0.717, 1.165) is 23.0 Å². The van der Waals surface area contributed by atoms with E-state index in [0.29, 0.717) is 0 Å². The van der Waals surface area contributed by atoms with E-state index in [-0.39, 0.29) is 10.8 Å². The summed E-state index contributed by atoms with van der Waals surface area (Å²) in [7, 11) is 3.72. The van der Waals surface area contributed by atoms with Gasteiger partial charge < -0.3 is 10.1 Å². The fraction of sp³-hybridized carbons (Fsp3) is 0.550. The minimum Gasteiger partial charge on any atom is -0.496 e. The van der Waals surface area contributed by atoms with Crippen molar-refractivity contribution in [3.8, 4) is 17.0 Å². The second kappa shape index (κ2) is 6.85. The maximum absolute atomic E-state index is 5.84. The van der Waals surface area contributed by atoms with Crippen LogP contribution in [0.1, 0.15) is 57.7 Å². The van der Waals surface area contributed by atoms with Gasteiger partial charge in [-0.25, -0.2) is 4.98 Å². The molecule has 132 valence electrons. The summed E-state index contributed by atoms with van der Waals surface area (Å²) in [6.07, 6.45) is 0. The number of nitrogens with one attached hydrogen (secondary N) is 1. The molecule has 1 heterocycles. The Morgan fingerprint density at radius 1 is 1.04 bits per heavy atom. The molecule has 0 saturated carbocycles. The second-order valence-corrected chi connectivity index (χ2v) is 9.20. The lowest BCUT2D eigenvalue weighted by atomic mass is 9.78. The number of aromatic nitrogens is 1. The molecule has 4 heteroatoms. The van der Waals surface area contributed by atoms with E-state index in [9.17, 15) is 0 Å². The summed E-state index contributed by atoms with van der Waals surface area (Å²) in [5, 5.41) is 6.42. The number of hydrogen-bond acceptors (Lipinski definition) is 4. The van der Waals surface area contributed by atoms with Gasteiger partial charge in [0.25, 0.3) is 0 Å². The molecule has 2 rings (SSSR count). The van der Waals surface area contributed by atoms with Gasteiger partial charge in [0.2, 0.25) is 0 Å². The molecule has 0 bridgehead atoms. The molecule has 0 unspecified atom stereocenters. The molecule has 1 aromatic heterocycles. The fourth-order valence-electron chi connectivity index (χ4n) is 2.79. The van der Waals surface area contributed by atoms with Crippen molar-refractivity contribution in [3.05, 3.63) is 33.6 Å². The molecule has 2 aromatic rings. The van der Waals surface area contributed by atoms with Gasteiger partial charge in [0.05, 0.1) is 12.8 Å². The number of thiazole rings is 1. The summed E-state index contributed by atoms with van der Waals surface area (Å²) < 4.78 is 5.84. The van der Waals surface area contributed by atoms with Crippen molar-refractivity contribution in [2.75, 3.05) is 14.2 Å². The minimum absolute atomic E-state index is 0.00514. The van der Waals surface area contributed by atoms with Gasteiger partial charge in [-0.15, -0.1) is 11.3 Å². The summed E-state index contributed by atoms with van der Waals surface area (Å²) in [6, 6.07) is 4.48. The van der Waals surface area contributed by atoms with Gasteiger partial charge in [0.1, 0.15) is 10.8 Å². The molecule has 0 aliphatic carbocycles. The molecule has 0 fully saturated rings. The number of nitrogens with zero attached hydrogens (tertiary/aromatic N) is 1. The van der Waals surface area contributed by atoms with Gasteiger partial charge in [-0.1, -0.05) is 41.5 Å². The van der Waals surface area contributed by atoms with Gasteiger partial charge >= 0.3 is 0 Å². The van der Waals surface area contributed by atoms with Crippen LogP contribution in [0.4, 0.5) is 0 Å². The Kier molecular flexibility index (Phi) is 5.41. The van der Waals surface area contributed by atoms with E-state index in [1.165, 1.54) is 16.7 Å². The van der Waals surface area contributed by atoms with Crippen LogP contribution < -0.4 is 10.1 Å². The fourth-order valence-corrected chi connectivity index (χ4v) is 3.60. The Labute approximate surface area is 150 Å². The zero-order valence-electron chi connectivity index (χ0n) is 16.2. The molecule has 0 aliphatic heterocycles. The Hall–Kier alpha value is -1.39. The third-order valence-electron chi connectivity index (χ3n) is 4.08. The van der Waals surface area contributed by atoms with Crippen molar-refractivity contribution in [2.45, 2.75) is 58.9 Å². The van der Waals surface area contributed by atoms with E-state index < -0.39 is 0 Å². The lowest BCUT2D eigenvalue weighted by Crippen LogP contribution is -2.19. The maximum Gasteiger partial charge on any atom is 0.126 e. The van der Waals surface area contributed by atoms with Crippen LogP contribution in [0.15, 0.2) is 17.5 Å². The molecular formula is C20H30N2OS. The topological polar surface area (TPSA) is 34.2 Å². The third-order valence-corrected chi connectivity index (χ3v) is 4.93. The maximum atomic E-state index is 5.84. The zero-order chi connectivity index (χ0) is 18.1. The van der Waals surface area contributed by atoms with Crippen LogP contribution >= 0.6 is 11.3 Å².